The molecule has 1 aliphatic heterocycles. The number of rotatable bonds is 1. The quantitative estimate of drug-likeness (QED) is 0.730. The van der Waals surface area contributed by atoms with E-state index in [1.807, 2.05) is 30.6 Å². The van der Waals surface area contributed by atoms with Gasteiger partial charge in [0.1, 0.15) is 11.3 Å². The van der Waals surface area contributed by atoms with Crippen LogP contribution in [0, 0.1) is 0 Å². The molecule has 1 aliphatic rings. The maximum absolute atomic E-state index is 5.88. The summed E-state index contributed by atoms with van der Waals surface area (Å²) in [5.74, 6) is 0.889. The molecular weight excluding hydrogens is 246 g/mol. The Bertz CT molecular complexity index is 673. The van der Waals surface area contributed by atoms with Crippen LogP contribution in [0.15, 0.2) is 39.4 Å². The second-order valence-corrected chi connectivity index (χ2v) is 4.42. The van der Waals surface area contributed by atoms with E-state index in [1.54, 1.807) is 0 Å². The molecule has 1 aromatic carbocycles. The second kappa shape index (κ2) is 4.83. The number of hydrogen-bond donors (Lipinski definition) is 0. The average molecular weight is 260 g/mol. The molecule has 2 heterocycles. The van der Waals surface area contributed by atoms with E-state index < -0.39 is 0 Å². The number of nitrogens with zero attached hydrogens (tertiary/aromatic N) is 1. The summed E-state index contributed by atoms with van der Waals surface area (Å²) in [6.07, 6.45) is 7.75. The van der Waals surface area contributed by atoms with Gasteiger partial charge in [0.25, 0.3) is 0 Å². The molecule has 2 nitrogen and oxygen atoms in total. The number of allylic oxidation sites excluding steroid dienone is 1. The van der Waals surface area contributed by atoms with Gasteiger partial charge in [0, 0.05) is 23.4 Å². The Labute approximate surface area is 112 Å². The van der Waals surface area contributed by atoms with Crippen molar-refractivity contribution in [3.8, 4) is 0 Å². The van der Waals surface area contributed by atoms with Crippen LogP contribution in [0.1, 0.15) is 30.7 Å². The normalized spacial score (nSPS) is 12.1. The lowest BCUT2D eigenvalue weighted by Crippen LogP contribution is -1.82. The molecule has 0 fully saturated rings. The molecule has 3 heteroatoms. The van der Waals surface area contributed by atoms with Gasteiger partial charge in [-0.05, 0) is 37.6 Å². The number of aliphatic imine (C=N–C) groups is 1. The third-order valence-electron chi connectivity index (χ3n) is 2.78. The Morgan fingerprint density at radius 3 is 2.89 bits per heavy atom. The van der Waals surface area contributed by atoms with Crippen LogP contribution in [0.3, 0.4) is 0 Å². The summed E-state index contributed by atoms with van der Waals surface area (Å²) in [5.41, 5.74) is 4.37. The van der Waals surface area contributed by atoms with Crippen molar-refractivity contribution in [2.45, 2.75) is 13.8 Å². The van der Waals surface area contributed by atoms with Crippen LogP contribution in [0.4, 0.5) is 0 Å². The second-order valence-electron chi connectivity index (χ2n) is 4.42. The molecule has 3 rings (SSSR count). The largest absolute Gasteiger partial charge is 0.456 e. The molecule has 0 saturated carbocycles. The monoisotopic (exact) mass is 259 g/mol. The molecule has 0 saturated heterocycles. The summed E-state index contributed by atoms with van der Waals surface area (Å²) in [6, 6.07) is 6.09. The van der Waals surface area contributed by atoms with Crippen molar-refractivity contribution in [2.75, 3.05) is 0 Å². The van der Waals surface area contributed by atoms with E-state index in [1.165, 1.54) is 5.57 Å². The van der Waals surface area contributed by atoms with Crippen molar-refractivity contribution in [1.29, 1.82) is 0 Å². The molecule has 2 aromatic rings. The van der Waals surface area contributed by atoms with Crippen molar-refractivity contribution >= 4 is 41.7 Å². The number of furan rings is 1. The van der Waals surface area contributed by atoms with Crippen molar-refractivity contribution in [3.05, 3.63) is 46.9 Å². The number of benzene rings is 1. The zero-order valence-electron chi connectivity index (χ0n) is 10.3. The predicted octanol–water partition coefficient (Wildman–Crippen LogP) is 4.68. The standard InChI is InChI=1S/C15H13NO.ClH/c1-10(2)8-14-12-9-16-7-6-11-4-3-5-13(17-14)15(11)12;/h3-9H,1-2H3;1H. The minimum atomic E-state index is 0. The van der Waals surface area contributed by atoms with Gasteiger partial charge in [-0.15, -0.1) is 12.4 Å². The van der Waals surface area contributed by atoms with Gasteiger partial charge in [-0.25, -0.2) is 0 Å². The van der Waals surface area contributed by atoms with Gasteiger partial charge in [-0.3, -0.25) is 4.99 Å². The van der Waals surface area contributed by atoms with Gasteiger partial charge in [0.2, 0.25) is 0 Å². The van der Waals surface area contributed by atoms with E-state index in [-0.39, 0.29) is 12.4 Å². The predicted molar refractivity (Wildman–Crippen MR) is 79.4 cm³/mol. The van der Waals surface area contributed by atoms with Crippen LogP contribution >= 0.6 is 12.4 Å². The Morgan fingerprint density at radius 2 is 2.11 bits per heavy atom. The highest BCUT2D eigenvalue weighted by molar-refractivity contribution is 6.06. The molecule has 0 amide bonds. The van der Waals surface area contributed by atoms with Crippen LogP contribution in [-0.4, -0.2) is 6.21 Å². The van der Waals surface area contributed by atoms with Crippen molar-refractivity contribution in [2.24, 2.45) is 4.99 Å². The summed E-state index contributed by atoms with van der Waals surface area (Å²) in [7, 11) is 0. The number of hydrogen-bond acceptors (Lipinski definition) is 2. The Morgan fingerprint density at radius 1 is 1.28 bits per heavy atom. The molecule has 0 bridgehead atoms. The molecule has 0 radical (unpaired) electrons. The van der Waals surface area contributed by atoms with E-state index >= 15 is 0 Å². The maximum Gasteiger partial charge on any atom is 0.136 e. The van der Waals surface area contributed by atoms with Gasteiger partial charge < -0.3 is 4.42 Å². The zero-order chi connectivity index (χ0) is 11.8. The lowest BCUT2D eigenvalue weighted by molar-refractivity contribution is 0.603. The summed E-state index contributed by atoms with van der Waals surface area (Å²) in [5, 5.41) is 1.15. The first-order valence-electron chi connectivity index (χ1n) is 5.66. The molecular formula is C15H14ClNO. The van der Waals surface area contributed by atoms with Gasteiger partial charge in [-0.1, -0.05) is 17.7 Å². The van der Waals surface area contributed by atoms with Gasteiger partial charge in [-0.2, -0.15) is 0 Å². The minimum Gasteiger partial charge on any atom is -0.456 e. The molecule has 0 aliphatic carbocycles. The molecule has 18 heavy (non-hydrogen) atoms. The third-order valence-corrected chi connectivity index (χ3v) is 2.78. The third kappa shape index (κ3) is 2.00. The van der Waals surface area contributed by atoms with Gasteiger partial charge in [0.15, 0.2) is 0 Å². The van der Waals surface area contributed by atoms with E-state index in [9.17, 15) is 0 Å². The molecule has 0 atom stereocenters. The lowest BCUT2D eigenvalue weighted by atomic mass is 10.1. The van der Waals surface area contributed by atoms with Crippen LogP contribution in [0.25, 0.3) is 23.1 Å². The first-order valence-corrected chi connectivity index (χ1v) is 5.66. The summed E-state index contributed by atoms with van der Waals surface area (Å²) in [6.45, 7) is 4.12. The minimum absolute atomic E-state index is 0. The fourth-order valence-corrected chi connectivity index (χ4v) is 2.10. The first-order chi connectivity index (χ1) is 8.25. The smallest absolute Gasteiger partial charge is 0.136 e. The van der Waals surface area contributed by atoms with Crippen LogP contribution in [0.5, 0.6) is 0 Å². The van der Waals surface area contributed by atoms with Crippen molar-refractivity contribution in [1.82, 2.24) is 0 Å². The van der Waals surface area contributed by atoms with Crippen molar-refractivity contribution < 1.29 is 4.42 Å². The maximum atomic E-state index is 5.88. The highest BCUT2D eigenvalue weighted by atomic mass is 35.5. The summed E-state index contributed by atoms with van der Waals surface area (Å²) in [4.78, 5) is 4.26. The van der Waals surface area contributed by atoms with E-state index in [0.29, 0.717) is 0 Å². The van der Waals surface area contributed by atoms with Crippen LogP contribution < -0.4 is 0 Å². The van der Waals surface area contributed by atoms with E-state index in [0.717, 1.165) is 27.9 Å². The SMILES string of the molecule is CC(C)=Cc1oc2cccc3c2c1C=NC=C3.Cl. The Kier molecular flexibility index (Phi) is 3.39. The topological polar surface area (TPSA) is 25.5 Å². The fraction of sp³-hybridized carbons (Fsp3) is 0.133. The fourth-order valence-electron chi connectivity index (χ4n) is 2.10. The van der Waals surface area contributed by atoms with Crippen LogP contribution in [-0.2, 0) is 0 Å². The molecule has 0 spiro atoms. The average Bonchev–Trinajstić information content (AvgIpc) is 2.49. The zero-order valence-corrected chi connectivity index (χ0v) is 11.1. The number of halogens is 1. The van der Waals surface area contributed by atoms with E-state index in [2.05, 4.69) is 31.0 Å². The molecule has 1 aromatic heterocycles. The molecule has 92 valence electrons. The first kappa shape index (κ1) is 12.7. The Balaban J connectivity index is 0.00000120. The van der Waals surface area contributed by atoms with Crippen molar-refractivity contribution in [3.63, 3.8) is 0 Å². The Hall–Kier alpha value is -1.80. The summed E-state index contributed by atoms with van der Waals surface area (Å²) < 4.78 is 5.88. The van der Waals surface area contributed by atoms with Gasteiger partial charge >= 0.3 is 0 Å². The van der Waals surface area contributed by atoms with Gasteiger partial charge in [0.05, 0.1) is 0 Å². The molecule has 0 unspecified atom stereocenters. The van der Waals surface area contributed by atoms with Crippen LogP contribution in [0.2, 0.25) is 0 Å². The van der Waals surface area contributed by atoms with E-state index in [4.69, 9.17) is 4.42 Å². The molecule has 0 N–H and O–H groups in total. The lowest BCUT2D eigenvalue weighted by Gasteiger charge is -1.94. The highest BCUT2D eigenvalue weighted by Gasteiger charge is 2.14. The highest BCUT2D eigenvalue weighted by Crippen LogP contribution is 2.31. The summed E-state index contributed by atoms with van der Waals surface area (Å²) >= 11 is 0.